The molecule has 0 bridgehead atoms. The molecule has 0 N–H and O–H groups in total. The van der Waals surface area contributed by atoms with Gasteiger partial charge in [0.1, 0.15) is 6.61 Å². The normalized spacial score (nSPS) is 26.6. The lowest BCUT2D eigenvalue weighted by atomic mass is 10.1. The highest BCUT2D eigenvalue weighted by Gasteiger charge is 2.53. The molecule has 8 nitrogen and oxygen atoms in total. The second-order valence-corrected chi connectivity index (χ2v) is 8.06. The first-order chi connectivity index (χ1) is 12.8. The molecule has 1 aromatic rings. The Morgan fingerprint density at radius 1 is 1.30 bits per heavy atom. The van der Waals surface area contributed by atoms with Gasteiger partial charge in [-0.2, -0.15) is 12.6 Å². The van der Waals surface area contributed by atoms with E-state index in [-0.39, 0.29) is 41.3 Å². The smallest absolute Gasteiger partial charge is 0.410 e. The summed E-state index contributed by atoms with van der Waals surface area (Å²) in [5.41, 5.74) is 0.673. The van der Waals surface area contributed by atoms with Crippen molar-refractivity contribution in [3.63, 3.8) is 0 Å². The van der Waals surface area contributed by atoms with E-state index in [1.54, 1.807) is 36.0 Å². The zero-order chi connectivity index (χ0) is 19.7. The number of carbonyl (C=O) groups is 2. The summed E-state index contributed by atoms with van der Waals surface area (Å²) in [6.45, 7) is 0.536. The van der Waals surface area contributed by atoms with Gasteiger partial charge < -0.3 is 14.5 Å². The average Bonchev–Trinajstić information content (AvgIpc) is 3.33. The first-order valence-corrected chi connectivity index (χ1v) is 9.35. The molecule has 4 unspecified atom stereocenters. The summed E-state index contributed by atoms with van der Waals surface area (Å²) < 4.78 is 5.40. The van der Waals surface area contributed by atoms with Crippen LogP contribution in [0.2, 0.25) is 0 Å². The molecule has 2 amide bonds. The monoisotopic (exact) mass is 393 g/mol. The van der Waals surface area contributed by atoms with Crippen LogP contribution >= 0.6 is 12.6 Å². The molecule has 3 rings (SSSR count). The van der Waals surface area contributed by atoms with Crippen molar-refractivity contribution in [3.05, 3.63) is 39.9 Å². The molecule has 9 heteroatoms. The number of non-ortho nitro benzene ring substituents is 1. The number of hydrogen-bond acceptors (Lipinski definition) is 6. The van der Waals surface area contributed by atoms with Crippen molar-refractivity contribution in [3.8, 4) is 0 Å². The van der Waals surface area contributed by atoms with E-state index in [1.165, 1.54) is 12.1 Å². The van der Waals surface area contributed by atoms with Gasteiger partial charge in [0.2, 0.25) is 5.91 Å². The maximum Gasteiger partial charge on any atom is 0.410 e. The number of carbonyl (C=O) groups excluding carboxylic acids is 2. The van der Waals surface area contributed by atoms with Crippen molar-refractivity contribution >= 4 is 30.3 Å². The highest BCUT2D eigenvalue weighted by Crippen LogP contribution is 2.47. The number of rotatable bonds is 5. The van der Waals surface area contributed by atoms with E-state index in [0.717, 1.165) is 12.8 Å². The van der Waals surface area contributed by atoms with Crippen LogP contribution in [0.1, 0.15) is 18.4 Å². The summed E-state index contributed by atoms with van der Waals surface area (Å²) in [6.07, 6.45) is 1.10. The SMILES string of the molecule is CN(C)C(=O)C1CC1C1CC(S)CN1C(=O)OCc1ccc([N+](=O)[O-])cc1. The number of likely N-dealkylation sites (tertiary alicyclic amines) is 1. The van der Waals surface area contributed by atoms with Gasteiger partial charge in [0, 0.05) is 50.0 Å². The molecular formula is C18H23N3O5S. The standard InChI is InChI=1S/C18H23N3O5S/c1-19(2)17(22)15-8-14(15)16-7-13(27)9-20(16)18(23)26-10-11-3-5-12(6-4-11)21(24)25/h3-6,13-16,27H,7-10H2,1-2H3. The minimum atomic E-state index is -0.474. The summed E-state index contributed by atoms with van der Waals surface area (Å²) in [5.74, 6) is 0.222. The van der Waals surface area contributed by atoms with Crippen molar-refractivity contribution in [2.75, 3.05) is 20.6 Å². The molecule has 0 radical (unpaired) electrons. The summed E-state index contributed by atoms with van der Waals surface area (Å²) in [5, 5.41) is 10.8. The molecule has 2 aliphatic rings. The van der Waals surface area contributed by atoms with Crippen molar-refractivity contribution in [1.29, 1.82) is 0 Å². The topological polar surface area (TPSA) is 93.0 Å². The molecule has 1 heterocycles. The maximum atomic E-state index is 12.6. The number of thiol groups is 1. The van der Waals surface area contributed by atoms with Gasteiger partial charge in [0.15, 0.2) is 0 Å². The Balaban J connectivity index is 1.58. The first-order valence-electron chi connectivity index (χ1n) is 8.84. The van der Waals surface area contributed by atoms with Crippen LogP contribution in [-0.4, -0.2) is 58.7 Å². The second kappa shape index (κ2) is 7.75. The van der Waals surface area contributed by atoms with E-state index in [0.29, 0.717) is 12.1 Å². The highest BCUT2D eigenvalue weighted by atomic mass is 32.1. The van der Waals surface area contributed by atoms with E-state index in [4.69, 9.17) is 4.74 Å². The summed E-state index contributed by atoms with van der Waals surface area (Å²) in [7, 11) is 3.48. The number of benzene rings is 1. The van der Waals surface area contributed by atoms with Gasteiger partial charge in [-0.25, -0.2) is 4.79 Å². The van der Waals surface area contributed by atoms with Gasteiger partial charge in [0.25, 0.3) is 5.69 Å². The quantitative estimate of drug-likeness (QED) is 0.471. The molecule has 27 heavy (non-hydrogen) atoms. The predicted octanol–water partition coefficient (Wildman–Crippen LogP) is 2.33. The van der Waals surface area contributed by atoms with Crippen molar-refractivity contribution in [1.82, 2.24) is 9.80 Å². The molecule has 1 aliphatic heterocycles. The fourth-order valence-corrected chi connectivity index (χ4v) is 4.05. The summed E-state index contributed by atoms with van der Waals surface area (Å²) >= 11 is 4.51. The van der Waals surface area contributed by atoms with Gasteiger partial charge in [0.05, 0.1) is 4.92 Å². The second-order valence-electron chi connectivity index (χ2n) is 7.33. The van der Waals surface area contributed by atoms with Crippen molar-refractivity contribution in [2.24, 2.45) is 11.8 Å². The zero-order valence-electron chi connectivity index (χ0n) is 15.3. The molecule has 146 valence electrons. The molecule has 0 spiro atoms. The molecule has 1 saturated carbocycles. The Morgan fingerprint density at radius 3 is 2.56 bits per heavy atom. The Bertz CT molecular complexity index is 739. The van der Waals surface area contributed by atoms with Crippen LogP contribution in [0.25, 0.3) is 0 Å². The fourth-order valence-electron chi connectivity index (χ4n) is 3.66. The molecule has 1 aromatic carbocycles. The van der Waals surface area contributed by atoms with E-state index in [1.807, 2.05) is 0 Å². The molecule has 1 saturated heterocycles. The third-order valence-electron chi connectivity index (χ3n) is 5.16. The largest absolute Gasteiger partial charge is 0.445 e. The number of ether oxygens (including phenoxy) is 1. The molecular weight excluding hydrogens is 370 g/mol. The molecule has 0 aromatic heterocycles. The van der Waals surface area contributed by atoms with Crippen LogP contribution in [0.15, 0.2) is 24.3 Å². The zero-order valence-corrected chi connectivity index (χ0v) is 16.2. The van der Waals surface area contributed by atoms with E-state index in [9.17, 15) is 19.7 Å². The molecule has 1 aliphatic carbocycles. The van der Waals surface area contributed by atoms with Crippen LogP contribution in [0.3, 0.4) is 0 Å². The number of amides is 2. The van der Waals surface area contributed by atoms with Gasteiger partial charge >= 0.3 is 6.09 Å². The lowest BCUT2D eigenvalue weighted by molar-refractivity contribution is -0.384. The van der Waals surface area contributed by atoms with E-state index >= 15 is 0 Å². The van der Waals surface area contributed by atoms with Gasteiger partial charge in [-0.15, -0.1) is 0 Å². The Labute approximate surface area is 163 Å². The average molecular weight is 393 g/mol. The van der Waals surface area contributed by atoms with Crippen LogP contribution in [0, 0.1) is 22.0 Å². The summed E-state index contributed by atoms with van der Waals surface area (Å²) in [4.78, 5) is 38.2. The van der Waals surface area contributed by atoms with Gasteiger partial charge in [-0.1, -0.05) is 0 Å². The minimum Gasteiger partial charge on any atom is -0.445 e. The number of hydrogen-bond donors (Lipinski definition) is 1. The number of nitro groups is 1. The van der Waals surface area contributed by atoms with Gasteiger partial charge in [-0.3, -0.25) is 14.9 Å². The Morgan fingerprint density at radius 2 is 1.96 bits per heavy atom. The van der Waals surface area contributed by atoms with Crippen LogP contribution in [0.4, 0.5) is 10.5 Å². The third kappa shape index (κ3) is 4.35. The predicted molar refractivity (Wildman–Crippen MR) is 101 cm³/mol. The van der Waals surface area contributed by atoms with Crippen LogP contribution in [0.5, 0.6) is 0 Å². The number of nitrogens with zero attached hydrogens (tertiary/aromatic N) is 3. The van der Waals surface area contributed by atoms with Gasteiger partial charge in [-0.05, 0) is 36.5 Å². The van der Waals surface area contributed by atoms with Crippen LogP contribution < -0.4 is 0 Å². The third-order valence-corrected chi connectivity index (χ3v) is 5.53. The van der Waals surface area contributed by atoms with Crippen LogP contribution in [-0.2, 0) is 16.1 Å². The Hall–Kier alpha value is -2.29. The fraction of sp³-hybridized carbons (Fsp3) is 0.556. The lowest BCUT2D eigenvalue weighted by Gasteiger charge is -2.24. The highest BCUT2D eigenvalue weighted by molar-refractivity contribution is 7.81. The van der Waals surface area contributed by atoms with E-state index < -0.39 is 11.0 Å². The maximum absolute atomic E-state index is 12.6. The number of nitro benzene ring substituents is 1. The van der Waals surface area contributed by atoms with Crippen molar-refractivity contribution < 1.29 is 19.2 Å². The lowest BCUT2D eigenvalue weighted by Crippen LogP contribution is -2.38. The minimum absolute atomic E-state index is 0.00654. The van der Waals surface area contributed by atoms with Crippen molar-refractivity contribution in [2.45, 2.75) is 30.7 Å². The summed E-state index contributed by atoms with van der Waals surface area (Å²) in [6, 6.07) is 5.87. The van der Waals surface area contributed by atoms with E-state index in [2.05, 4.69) is 12.6 Å². The molecule has 4 atom stereocenters. The first kappa shape index (κ1) is 19.5. The molecule has 2 fully saturated rings. The Kier molecular flexibility index (Phi) is 5.59.